The summed E-state index contributed by atoms with van der Waals surface area (Å²) in [5, 5.41) is 12.6. The van der Waals surface area contributed by atoms with E-state index in [1.807, 2.05) is 0 Å². The molecule has 0 fully saturated rings. The van der Waals surface area contributed by atoms with Gasteiger partial charge in [-0.1, -0.05) is 71.6 Å². The highest BCUT2D eigenvalue weighted by Crippen LogP contribution is 2.04. The molecule has 5 heteroatoms. The van der Waals surface area contributed by atoms with Crippen molar-refractivity contribution in [3.8, 4) is 0 Å². The molecule has 0 aromatic rings. The highest BCUT2D eigenvalue weighted by molar-refractivity contribution is 5.93. The highest BCUT2D eigenvalue weighted by atomic mass is 16.4. The highest BCUT2D eigenvalue weighted by Gasteiger charge is 1.94. The third-order valence-corrected chi connectivity index (χ3v) is 3.80. The average molecular weight is 357 g/mol. The van der Waals surface area contributed by atoms with Gasteiger partial charge in [0, 0.05) is 12.6 Å². The Balaban J connectivity index is 0. The molecule has 1 amide bonds. The minimum Gasteiger partial charge on any atom is -0.545 e. The summed E-state index contributed by atoms with van der Waals surface area (Å²) in [4.78, 5) is 21.0. The molecule has 0 saturated heterocycles. The summed E-state index contributed by atoms with van der Waals surface area (Å²) in [6.07, 6.45) is 17.0. The van der Waals surface area contributed by atoms with E-state index in [1.54, 1.807) is 0 Å². The maximum atomic E-state index is 11.0. The van der Waals surface area contributed by atoms with Crippen LogP contribution in [0, 0.1) is 0 Å². The molecule has 0 spiro atoms. The number of rotatable bonds is 15. The fraction of sp³-hybridized carbons (Fsp3) is 0.800. The summed E-state index contributed by atoms with van der Waals surface area (Å²) in [5.41, 5.74) is 3.80. The van der Waals surface area contributed by atoms with Crippen LogP contribution in [0.5, 0.6) is 0 Å². The molecule has 0 heterocycles. The number of hydrogen-bond donors (Lipinski definition) is 2. The zero-order valence-electron chi connectivity index (χ0n) is 16.5. The summed E-state index contributed by atoms with van der Waals surface area (Å²) in [5.74, 6) is -1.73. The molecule has 0 radical (unpaired) electrons. The van der Waals surface area contributed by atoms with Gasteiger partial charge in [0.25, 0.3) is 0 Å². The predicted octanol–water partition coefficient (Wildman–Crippen LogP) is 2.36. The summed E-state index contributed by atoms with van der Waals surface area (Å²) in [6.45, 7) is 6.14. The summed E-state index contributed by atoms with van der Waals surface area (Å²) in [6, 6.07) is 0. The Bertz CT molecular complexity index is 325. The average Bonchev–Trinajstić information content (AvgIpc) is 2.59. The molecule has 5 nitrogen and oxygen atoms in total. The Labute approximate surface area is 154 Å². The molecule has 0 aliphatic carbocycles. The number of quaternary nitrogens is 1. The van der Waals surface area contributed by atoms with Crippen LogP contribution in [-0.4, -0.2) is 25.0 Å². The molecule has 0 rings (SSSR count). The first-order valence-electron chi connectivity index (χ1n) is 10.0. The van der Waals surface area contributed by atoms with Crippen LogP contribution in [0.3, 0.4) is 0 Å². The van der Waals surface area contributed by atoms with Crippen LogP contribution < -0.4 is 16.2 Å². The lowest BCUT2D eigenvalue weighted by molar-refractivity contribution is -0.368. The van der Waals surface area contributed by atoms with Gasteiger partial charge in [-0.05, 0) is 25.3 Å². The summed E-state index contributed by atoms with van der Waals surface area (Å²) < 4.78 is 0. The van der Waals surface area contributed by atoms with Crippen molar-refractivity contribution in [3.63, 3.8) is 0 Å². The van der Waals surface area contributed by atoms with E-state index in [1.165, 1.54) is 64.2 Å². The van der Waals surface area contributed by atoms with Crippen molar-refractivity contribution in [2.24, 2.45) is 0 Å². The van der Waals surface area contributed by atoms with E-state index < -0.39 is 5.97 Å². The third kappa shape index (κ3) is 27.8. The second kappa shape index (κ2) is 22.6. The number of amides is 1. The van der Waals surface area contributed by atoms with Crippen molar-refractivity contribution in [1.29, 1.82) is 0 Å². The van der Waals surface area contributed by atoms with Crippen molar-refractivity contribution in [1.82, 2.24) is 5.32 Å². The second-order valence-corrected chi connectivity index (χ2v) is 6.33. The molecule has 0 aromatic heterocycles. The number of hydrogen-bond acceptors (Lipinski definition) is 3. The maximum absolute atomic E-state index is 11.0. The van der Waals surface area contributed by atoms with E-state index in [-0.39, 0.29) is 5.91 Å². The van der Waals surface area contributed by atoms with Crippen LogP contribution in [0.25, 0.3) is 0 Å². The van der Waals surface area contributed by atoms with Gasteiger partial charge in [0.2, 0.25) is 5.91 Å². The summed E-state index contributed by atoms with van der Waals surface area (Å²) >= 11 is 0. The molecule has 0 unspecified atom stereocenters. The van der Waals surface area contributed by atoms with E-state index >= 15 is 0 Å². The van der Waals surface area contributed by atoms with Gasteiger partial charge in [-0.2, -0.15) is 0 Å². The Kier molecular flexibility index (Phi) is 23.4. The third-order valence-electron chi connectivity index (χ3n) is 3.80. The number of carboxylic acids is 1. The van der Waals surface area contributed by atoms with Gasteiger partial charge in [0.05, 0.1) is 12.5 Å². The Morgan fingerprint density at radius 1 is 0.800 bits per heavy atom. The number of carbonyl (C=O) groups is 2. The molecule has 0 atom stereocenters. The van der Waals surface area contributed by atoms with Crippen LogP contribution in [-0.2, 0) is 9.59 Å². The molecular formula is C20H40N2O3. The topological polar surface area (TPSA) is 96.9 Å². The molecule has 0 saturated carbocycles. The SMILES string of the molecule is CCCCCCCCNC(=O)/C=C\C(=O)[O-].CCCCCCCC[NH3+]. The van der Waals surface area contributed by atoms with Gasteiger partial charge >= 0.3 is 0 Å². The molecule has 148 valence electrons. The zero-order chi connectivity index (χ0) is 19.2. The molecule has 0 bridgehead atoms. The van der Waals surface area contributed by atoms with Crippen molar-refractivity contribution in [2.75, 3.05) is 13.1 Å². The molecule has 25 heavy (non-hydrogen) atoms. The normalized spacial score (nSPS) is 10.4. The van der Waals surface area contributed by atoms with Gasteiger partial charge in [-0.25, -0.2) is 0 Å². The van der Waals surface area contributed by atoms with Crippen LogP contribution in [0.15, 0.2) is 12.2 Å². The van der Waals surface area contributed by atoms with Crippen molar-refractivity contribution in [2.45, 2.75) is 90.9 Å². The van der Waals surface area contributed by atoms with Crippen molar-refractivity contribution < 1.29 is 20.4 Å². The minimum atomic E-state index is -1.35. The van der Waals surface area contributed by atoms with Crippen LogP contribution in [0.2, 0.25) is 0 Å². The van der Waals surface area contributed by atoms with Gasteiger partial charge in [-0.3, -0.25) is 4.79 Å². The Hall–Kier alpha value is -1.36. The Morgan fingerprint density at radius 2 is 1.28 bits per heavy atom. The van der Waals surface area contributed by atoms with Crippen LogP contribution >= 0.6 is 0 Å². The molecule has 0 aliphatic heterocycles. The fourth-order valence-electron chi connectivity index (χ4n) is 2.28. The van der Waals surface area contributed by atoms with Gasteiger partial charge < -0.3 is 21.0 Å². The number of aliphatic carboxylic acids is 1. The molecule has 4 N–H and O–H groups in total. The lowest BCUT2D eigenvalue weighted by Gasteiger charge is -2.02. The van der Waals surface area contributed by atoms with Gasteiger partial charge in [0.1, 0.15) is 0 Å². The largest absolute Gasteiger partial charge is 0.545 e. The smallest absolute Gasteiger partial charge is 0.244 e. The van der Waals surface area contributed by atoms with E-state index in [9.17, 15) is 14.7 Å². The maximum Gasteiger partial charge on any atom is 0.244 e. The number of nitrogens with one attached hydrogen (secondary N) is 1. The predicted molar refractivity (Wildman–Crippen MR) is 102 cm³/mol. The zero-order valence-corrected chi connectivity index (χ0v) is 16.5. The van der Waals surface area contributed by atoms with E-state index in [0.29, 0.717) is 6.54 Å². The fourth-order valence-corrected chi connectivity index (χ4v) is 2.28. The summed E-state index contributed by atoms with van der Waals surface area (Å²) in [7, 11) is 0. The van der Waals surface area contributed by atoms with Crippen molar-refractivity contribution >= 4 is 11.9 Å². The van der Waals surface area contributed by atoms with Gasteiger partial charge in [-0.15, -0.1) is 0 Å². The minimum absolute atomic E-state index is 0.377. The van der Waals surface area contributed by atoms with Crippen LogP contribution in [0.1, 0.15) is 90.9 Å². The first-order valence-corrected chi connectivity index (χ1v) is 10.0. The van der Waals surface area contributed by atoms with Crippen LogP contribution in [0.4, 0.5) is 0 Å². The first-order chi connectivity index (χ1) is 12.1. The number of carbonyl (C=O) groups excluding carboxylic acids is 2. The van der Waals surface area contributed by atoms with E-state index in [2.05, 4.69) is 24.9 Å². The number of carboxylic acid groups (broad SMARTS) is 1. The molecular weight excluding hydrogens is 316 g/mol. The van der Waals surface area contributed by atoms with Crippen molar-refractivity contribution in [3.05, 3.63) is 12.2 Å². The first kappa shape index (κ1) is 25.9. The number of unbranched alkanes of at least 4 members (excludes halogenated alkanes) is 10. The lowest BCUT2D eigenvalue weighted by Crippen LogP contribution is -2.50. The van der Waals surface area contributed by atoms with E-state index in [0.717, 1.165) is 31.5 Å². The lowest BCUT2D eigenvalue weighted by atomic mass is 10.1. The van der Waals surface area contributed by atoms with E-state index in [4.69, 9.17) is 0 Å². The molecule has 0 aliphatic rings. The monoisotopic (exact) mass is 356 g/mol. The van der Waals surface area contributed by atoms with Gasteiger partial charge in [0.15, 0.2) is 0 Å². The molecule has 0 aromatic carbocycles. The standard InChI is InChI=1S/C12H21NO3.C8H19N/c1-2-3-4-5-6-7-10-13-11(14)8-9-12(15)16;1-2-3-4-5-6-7-8-9/h8-9H,2-7,10H2,1H3,(H,13,14)(H,15,16);2-9H2,1H3/b9-8-;. The Morgan fingerprint density at radius 3 is 1.76 bits per heavy atom. The second-order valence-electron chi connectivity index (χ2n) is 6.33. The quantitative estimate of drug-likeness (QED) is 0.348.